The van der Waals surface area contributed by atoms with Crippen LogP contribution in [0.15, 0.2) is 34.9 Å². The van der Waals surface area contributed by atoms with Gasteiger partial charge in [0.2, 0.25) is 0 Å². The Kier molecular flexibility index (Phi) is 5.76. The van der Waals surface area contributed by atoms with Crippen molar-refractivity contribution >= 4 is 16.8 Å². The number of alkyl halides is 3. The summed E-state index contributed by atoms with van der Waals surface area (Å²) < 4.78 is 44.3. The van der Waals surface area contributed by atoms with E-state index in [2.05, 4.69) is 20.4 Å². The highest BCUT2D eigenvalue weighted by Crippen LogP contribution is 2.39. The first-order valence-electron chi connectivity index (χ1n) is 10.0. The number of aliphatic hydroxyl groups is 1. The van der Waals surface area contributed by atoms with Crippen LogP contribution in [0, 0.1) is 0 Å². The number of phenolic OH excluding ortho intramolecular Hbond substituents is 1. The van der Waals surface area contributed by atoms with E-state index in [9.17, 15) is 23.4 Å². The number of rotatable bonds is 5. The van der Waals surface area contributed by atoms with Crippen molar-refractivity contribution in [1.29, 1.82) is 0 Å². The number of aromatic hydroxyl groups is 1. The molecule has 3 N–H and O–H groups in total. The van der Waals surface area contributed by atoms with E-state index in [1.54, 1.807) is 6.07 Å². The number of nitrogens with zero attached hydrogens (tertiary/aromatic N) is 3. The summed E-state index contributed by atoms with van der Waals surface area (Å²) in [5.41, 5.74) is -0.155. The fraction of sp³-hybridized carbons (Fsp3) is 0.429. The number of nitrogens with one attached hydrogen (secondary N) is 1. The number of aliphatic hydroxyl groups excluding tert-OH is 1. The molecule has 0 aliphatic carbocycles. The van der Waals surface area contributed by atoms with Crippen molar-refractivity contribution in [2.75, 3.05) is 25.0 Å². The molecule has 0 amide bonds. The summed E-state index contributed by atoms with van der Waals surface area (Å²) in [6.07, 6.45) is -1.22. The standard InChI is InChI=1S/C21H23F3N4O3/c1-12(11-29)28-7-2-3-14(10-28)25-20-19-16(6-8-31-19)18(26-27-20)15-5-4-13(9-17(15)30)21(22,23)24/h4-6,8-9,12,14,29-30H,2-3,7,10-11H2,1H3,(H,25,27)/t12?,14-/m1/s1. The predicted octanol–water partition coefficient (Wildman–Crippen LogP) is 3.87. The molecule has 0 saturated carbocycles. The fourth-order valence-electron chi connectivity index (χ4n) is 3.91. The van der Waals surface area contributed by atoms with Crippen molar-refractivity contribution in [3.05, 3.63) is 36.1 Å². The third kappa shape index (κ3) is 4.31. The van der Waals surface area contributed by atoms with Gasteiger partial charge in [-0.05, 0) is 50.6 Å². The quantitative estimate of drug-likeness (QED) is 0.559. The average Bonchev–Trinajstić information content (AvgIpc) is 3.24. The molecule has 7 nitrogen and oxygen atoms in total. The highest BCUT2D eigenvalue weighted by molar-refractivity contribution is 5.97. The third-order valence-electron chi connectivity index (χ3n) is 5.65. The molecule has 10 heteroatoms. The second-order valence-electron chi connectivity index (χ2n) is 7.80. The lowest BCUT2D eigenvalue weighted by atomic mass is 10.0. The van der Waals surface area contributed by atoms with Gasteiger partial charge in [0.1, 0.15) is 11.4 Å². The number of benzene rings is 1. The SMILES string of the molecule is CC(CO)N1CCC[C@@H](Nc2nnc(-c3ccc(C(F)(F)F)cc3O)c3ccoc23)C1. The summed E-state index contributed by atoms with van der Waals surface area (Å²) in [5, 5.41) is 31.9. The molecule has 3 aromatic rings. The molecule has 2 atom stereocenters. The van der Waals surface area contributed by atoms with Crippen LogP contribution in [0.5, 0.6) is 5.75 Å². The predicted molar refractivity (Wildman–Crippen MR) is 109 cm³/mol. The molecular weight excluding hydrogens is 413 g/mol. The monoisotopic (exact) mass is 436 g/mol. The number of furan rings is 1. The maximum Gasteiger partial charge on any atom is 0.416 e. The van der Waals surface area contributed by atoms with E-state index in [1.807, 2.05) is 6.92 Å². The number of hydrogen-bond donors (Lipinski definition) is 3. The lowest BCUT2D eigenvalue weighted by Gasteiger charge is -2.36. The molecule has 1 aliphatic heterocycles. The largest absolute Gasteiger partial charge is 0.507 e. The number of phenols is 1. The van der Waals surface area contributed by atoms with E-state index in [4.69, 9.17) is 4.42 Å². The van der Waals surface area contributed by atoms with Gasteiger partial charge >= 0.3 is 6.18 Å². The Hall–Kier alpha value is -2.85. The van der Waals surface area contributed by atoms with E-state index in [0.717, 1.165) is 32.0 Å². The van der Waals surface area contributed by atoms with Crippen LogP contribution in [-0.4, -0.2) is 57.1 Å². The molecule has 2 aromatic heterocycles. The molecular formula is C21H23F3N4O3. The lowest BCUT2D eigenvalue weighted by Crippen LogP contribution is -2.47. The van der Waals surface area contributed by atoms with Crippen molar-refractivity contribution < 1.29 is 27.8 Å². The van der Waals surface area contributed by atoms with Crippen LogP contribution in [0.25, 0.3) is 22.2 Å². The minimum atomic E-state index is -4.55. The van der Waals surface area contributed by atoms with E-state index in [-0.39, 0.29) is 29.9 Å². The Morgan fingerprint density at radius 1 is 1.29 bits per heavy atom. The molecule has 0 radical (unpaired) electrons. The Morgan fingerprint density at radius 3 is 2.81 bits per heavy atom. The fourth-order valence-corrected chi connectivity index (χ4v) is 3.91. The number of hydrogen-bond acceptors (Lipinski definition) is 7. The summed E-state index contributed by atoms with van der Waals surface area (Å²) in [5.74, 6) is -0.105. The average molecular weight is 436 g/mol. The second-order valence-corrected chi connectivity index (χ2v) is 7.80. The van der Waals surface area contributed by atoms with Gasteiger partial charge < -0.3 is 19.9 Å². The summed E-state index contributed by atoms with van der Waals surface area (Å²) in [4.78, 5) is 2.20. The molecule has 1 fully saturated rings. The van der Waals surface area contributed by atoms with Crippen molar-refractivity contribution in [3.63, 3.8) is 0 Å². The zero-order chi connectivity index (χ0) is 22.2. The van der Waals surface area contributed by atoms with Crippen LogP contribution in [0.3, 0.4) is 0 Å². The van der Waals surface area contributed by atoms with Crippen LogP contribution in [0.1, 0.15) is 25.3 Å². The van der Waals surface area contributed by atoms with Gasteiger partial charge in [0, 0.05) is 24.2 Å². The number of halogens is 3. The van der Waals surface area contributed by atoms with Crippen LogP contribution < -0.4 is 5.32 Å². The van der Waals surface area contributed by atoms with Crippen LogP contribution in [0.4, 0.5) is 19.0 Å². The first kappa shape index (κ1) is 21.4. The Balaban J connectivity index is 1.63. The number of anilines is 1. The van der Waals surface area contributed by atoms with Gasteiger partial charge in [0.05, 0.1) is 23.8 Å². The first-order chi connectivity index (χ1) is 14.8. The summed E-state index contributed by atoms with van der Waals surface area (Å²) >= 11 is 0. The maximum absolute atomic E-state index is 12.9. The lowest BCUT2D eigenvalue weighted by molar-refractivity contribution is -0.137. The summed E-state index contributed by atoms with van der Waals surface area (Å²) in [6, 6.07) is 4.53. The van der Waals surface area contributed by atoms with Gasteiger partial charge in [-0.1, -0.05) is 0 Å². The Labute approximate surface area is 176 Å². The zero-order valence-corrected chi connectivity index (χ0v) is 16.9. The number of piperidine rings is 1. The number of fused-ring (bicyclic) bond motifs is 1. The smallest absolute Gasteiger partial charge is 0.416 e. The zero-order valence-electron chi connectivity index (χ0n) is 16.9. The molecule has 1 aliphatic rings. The molecule has 166 valence electrons. The van der Waals surface area contributed by atoms with Gasteiger partial charge in [-0.25, -0.2) is 0 Å². The van der Waals surface area contributed by atoms with Gasteiger partial charge in [0.25, 0.3) is 0 Å². The topological polar surface area (TPSA) is 94.7 Å². The van der Waals surface area contributed by atoms with Crippen molar-refractivity contribution in [1.82, 2.24) is 15.1 Å². The van der Waals surface area contributed by atoms with E-state index in [0.29, 0.717) is 22.9 Å². The van der Waals surface area contributed by atoms with E-state index in [1.165, 1.54) is 12.3 Å². The molecule has 4 rings (SSSR count). The highest BCUT2D eigenvalue weighted by atomic mass is 19.4. The van der Waals surface area contributed by atoms with Crippen LogP contribution in [0.2, 0.25) is 0 Å². The third-order valence-corrected chi connectivity index (χ3v) is 5.65. The van der Waals surface area contributed by atoms with Gasteiger partial charge in [-0.15, -0.1) is 10.2 Å². The molecule has 1 saturated heterocycles. The van der Waals surface area contributed by atoms with Crippen molar-refractivity contribution in [3.8, 4) is 17.0 Å². The van der Waals surface area contributed by atoms with Gasteiger partial charge in [-0.3, -0.25) is 4.90 Å². The maximum atomic E-state index is 12.9. The van der Waals surface area contributed by atoms with Gasteiger partial charge in [0.15, 0.2) is 11.4 Å². The van der Waals surface area contributed by atoms with Crippen LogP contribution in [-0.2, 0) is 6.18 Å². The molecule has 1 aromatic carbocycles. The van der Waals surface area contributed by atoms with Gasteiger partial charge in [-0.2, -0.15) is 13.2 Å². The normalized spacial score (nSPS) is 18.9. The summed E-state index contributed by atoms with van der Waals surface area (Å²) in [7, 11) is 0. The van der Waals surface area contributed by atoms with Crippen LogP contribution >= 0.6 is 0 Å². The molecule has 31 heavy (non-hydrogen) atoms. The molecule has 0 spiro atoms. The minimum Gasteiger partial charge on any atom is -0.507 e. The second kappa shape index (κ2) is 8.35. The number of aromatic nitrogens is 2. The van der Waals surface area contributed by atoms with Crippen molar-refractivity contribution in [2.45, 2.75) is 38.0 Å². The molecule has 1 unspecified atom stereocenters. The van der Waals surface area contributed by atoms with E-state index >= 15 is 0 Å². The summed E-state index contributed by atoms with van der Waals surface area (Å²) in [6.45, 7) is 3.69. The van der Waals surface area contributed by atoms with Crippen molar-refractivity contribution in [2.24, 2.45) is 0 Å². The Morgan fingerprint density at radius 2 is 2.10 bits per heavy atom. The first-order valence-corrected chi connectivity index (χ1v) is 10.0. The number of likely N-dealkylation sites (tertiary alicyclic amines) is 1. The minimum absolute atomic E-state index is 0.0596. The molecule has 0 bridgehead atoms. The van der Waals surface area contributed by atoms with E-state index < -0.39 is 17.5 Å². The molecule has 3 heterocycles. The Bertz CT molecular complexity index is 1070. The highest BCUT2D eigenvalue weighted by Gasteiger charge is 2.31.